The Bertz CT molecular complexity index is 614. The molecule has 0 aliphatic heterocycles. The number of rotatable bonds is 14. The quantitative estimate of drug-likeness (QED) is 0.341. The van der Waals surface area contributed by atoms with Gasteiger partial charge in [-0.1, -0.05) is 32.6 Å². The molecule has 1 aliphatic rings. The van der Waals surface area contributed by atoms with Gasteiger partial charge in [-0.2, -0.15) is 0 Å². The fourth-order valence-electron chi connectivity index (χ4n) is 4.39. The Labute approximate surface area is 189 Å². The van der Waals surface area contributed by atoms with Gasteiger partial charge in [-0.15, -0.1) is 0 Å². The molecule has 0 saturated heterocycles. The number of benzene rings is 1. The first-order chi connectivity index (χ1) is 15.0. The summed E-state index contributed by atoms with van der Waals surface area (Å²) < 4.78 is 19.2. The van der Waals surface area contributed by atoms with E-state index in [1.807, 2.05) is 11.9 Å². The van der Waals surface area contributed by atoms with Crippen molar-refractivity contribution in [2.45, 2.75) is 89.7 Å². The van der Waals surface area contributed by atoms with Crippen molar-refractivity contribution in [3.63, 3.8) is 0 Å². The van der Waals surface area contributed by atoms with E-state index in [9.17, 15) is 9.18 Å². The maximum atomic E-state index is 13.1. The molecule has 0 heterocycles. The first-order valence-corrected chi connectivity index (χ1v) is 12.3. The van der Waals surface area contributed by atoms with Crippen molar-refractivity contribution >= 4 is 5.91 Å². The van der Waals surface area contributed by atoms with Crippen molar-refractivity contribution in [3.8, 4) is 0 Å². The lowest BCUT2D eigenvalue weighted by Crippen LogP contribution is -2.40. The van der Waals surface area contributed by atoms with Crippen molar-refractivity contribution in [1.82, 2.24) is 9.80 Å². The third kappa shape index (κ3) is 9.69. The second-order valence-corrected chi connectivity index (χ2v) is 9.15. The molecule has 1 aromatic carbocycles. The molecular formula is C26H43FN2O2. The maximum Gasteiger partial charge on any atom is 0.253 e. The van der Waals surface area contributed by atoms with Crippen LogP contribution < -0.4 is 0 Å². The number of hydrogen-bond donors (Lipinski definition) is 0. The van der Waals surface area contributed by atoms with Gasteiger partial charge in [0.05, 0.1) is 6.10 Å². The van der Waals surface area contributed by atoms with Gasteiger partial charge in [0.15, 0.2) is 0 Å². The lowest BCUT2D eigenvalue weighted by atomic mass is 9.91. The first-order valence-electron chi connectivity index (χ1n) is 12.3. The summed E-state index contributed by atoms with van der Waals surface area (Å²) in [6.07, 6.45) is 13.2. The predicted molar refractivity (Wildman–Crippen MR) is 126 cm³/mol. The van der Waals surface area contributed by atoms with E-state index < -0.39 is 0 Å². The number of carbonyl (C=O) groups is 1. The van der Waals surface area contributed by atoms with E-state index in [0.717, 1.165) is 38.7 Å². The molecule has 1 aromatic rings. The summed E-state index contributed by atoms with van der Waals surface area (Å²) in [5, 5.41) is 0. The summed E-state index contributed by atoms with van der Waals surface area (Å²) in [5.74, 6) is -0.341. The van der Waals surface area contributed by atoms with Crippen LogP contribution in [0.5, 0.6) is 0 Å². The molecule has 0 atom stereocenters. The minimum Gasteiger partial charge on any atom is -0.378 e. The summed E-state index contributed by atoms with van der Waals surface area (Å²) in [5.41, 5.74) is 0.550. The zero-order valence-electron chi connectivity index (χ0n) is 20.0. The number of hydrogen-bond acceptors (Lipinski definition) is 3. The second kappa shape index (κ2) is 14.6. The van der Waals surface area contributed by atoms with Gasteiger partial charge in [-0.25, -0.2) is 4.39 Å². The van der Waals surface area contributed by atoms with Crippen LogP contribution in [0.2, 0.25) is 0 Å². The number of halogens is 1. The third-order valence-corrected chi connectivity index (χ3v) is 6.53. The van der Waals surface area contributed by atoms with Crippen LogP contribution in [-0.4, -0.2) is 61.6 Å². The van der Waals surface area contributed by atoms with Crippen LogP contribution in [0.4, 0.5) is 4.39 Å². The maximum absolute atomic E-state index is 13.1. The Morgan fingerprint density at radius 2 is 1.55 bits per heavy atom. The Kier molecular flexibility index (Phi) is 12.1. The lowest BCUT2D eigenvalue weighted by Gasteiger charge is -2.34. The largest absolute Gasteiger partial charge is 0.378 e. The summed E-state index contributed by atoms with van der Waals surface area (Å²) in [4.78, 5) is 16.9. The van der Waals surface area contributed by atoms with E-state index in [2.05, 4.69) is 18.9 Å². The molecule has 1 aliphatic carbocycles. The lowest BCUT2D eigenvalue weighted by molar-refractivity contribution is 0.00907. The molecule has 0 spiro atoms. The van der Waals surface area contributed by atoms with Crippen LogP contribution in [0.15, 0.2) is 24.3 Å². The zero-order chi connectivity index (χ0) is 22.5. The Morgan fingerprint density at radius 3 is 2.19 bits per heavy atom. The van der Waals surface area contributed by atoms with Crippen LogP contribution in [-0.2, 0) is 4.74 Å². The number of carbonyl (C=O) groups excluding carboxylic acids is 1. The van der Waals surface area contributed by atoms with E-state index in [1.165, 1.54) is 63.7 Å². The molecule has 1 saturated carbocycles. The van der Waals surface area contributed by atoms with Crippen LogP contribution in [0.1, 0.15) is 87.9 Å². The highest BCUT2D eigenvalue weighted by Crippen LogP contribution is 2.26. The van der Waals surface area contributed by atoms with Crippen molar-refractivity contribution < 1.29 is 13.9 Å². The zero-order valence-corrected chi connectivity index (χ0v) is 20.0. The van der Waals surface area contributed by atoms with Gasteiger partial charge >= 0.3 is 0 Å². The summed E-state index contributed by atoms with van der Waals surface area (Å²) in [6, 6.07) is 6.06. The monoisotopic (exact) mass is 434 g/mol. The number of amides is 1. The van der Waals surface area contributed by atoms with E-state index in [0.29, 0.717) is 11.7 Å². The highest BCUT2D eigenvalue weighted by atomic mass is 19.1. The molecule has 4 nitrogen and oxygen atoms in total. The molecule has 0 radical (unpaired) electrons. The van der Waals surface area contributed by atoms with Gasteiger partial charge in [-0.3, -0.25) is 4.79 Å². The second-order valence-electron chi connectivity index (χ2n) is 9.15. The molecule has 0 bridgehead atoms. The molecule has 31 heavy (non-hydrogen) atoms. The SMILES string of the molecule is CCCCCN(C)CCCCCCO[C@H]1CC[C@H](N(C)C(=O)c2ccc(F)cc2)CC1. The van der Waals surface area contributed by atoms with Crippen LogP contribution in [0.3, 0.4) is 0 Å². The van der Waals surface area contributed by atoms with Gasteiger partial charge in [-0.05, 0) is 89.3 Å². The number of unbranched alkanes of at least 4 members (excludes halogenated alkanes) is 5. The molecule has 5 heteroatoms. The van der Waals surface area contributed by atoms with Gasteiger partial charge in [0.2, 0.25) is 0 Å². The summed E-state index contributed by atoms with van der Waals surface area (Å²) in [6.45, 7) is 5.54. The van der Waals surface area contributed by atoms with Crippen LogP contribution >= 0.6 is 0 Å². The van der Waals surface area contributed by atoms with E-state index in [4.69, 9.17) is 4.74 Å². The Morgan fingerprint density at radius 1 is 0.935 bits per heavy atom. The average molecular weight is 435 g/mol. The van der Waals surface area contributed by atoms with Crippen molar-refractivity contribution in [2.24, 2.45) is 0 Å². The van der Waals surface area contributed by atoms with Gasteiger partial charge in [0.1, 0.15) is 5.82 Å². The molecule has 0 unspecified atom stereocenters. The fraction of sp³-hybridized carbons (Fsp3) is 0.731. The number of ether oxygens (including phenoxy) is 1. The average Bonchev–Trinajstić information content (AvgIpc) is 2.78. The standard InChI is InChI=1S/C26H43FN2O2/c1-4-5-8-19-28(2)20-9-6-7-10-21-31-25-17-15-24(16-18-25)29(3)26(30)22-11-13-23(27)14-12-22/h11-14,24-25H,4-10,15-21H2,1-3H3/t24-,25-. The topological polar surface area (TPSA) is 32.8 Å². The fourth-order valence-corrected chi connectivity index (χ4v) is 4.39. The van der Waals surface area contributed by atoms with Gasteiger partial charge in [0, 0.05) is 25.3 Å². The third-order valence-electron chi connectivity index (χ3n) is 6.53. The van der Waals surface area contributed by atoms with Crippen molar-refractivity contribution in [3.05, 3.63) is 35.6 Å². The Balaban J connectivity index is 1.52. The summed E-state index contributed by atoms with van der Waals surface area (Å²) in [7, 11) is 4.10. The normalized spacial score (nSPS) is 19.0. The molecule has 0 N–H and O–H groups in total. The molecule has 2 rings (SSSR count). The predicted octanol–water partition coefficient (Wildman–Crippen LogP) is 5.91. The Hall–Kier alpha value is -1.46. The highest BCUT2D eigenvalue weighted by Gasteiger charge is 2.27. The van der Waals surface area contributed by atoms with Crippen LogP contribution in [0.25, 0.3) is 0 Å². The molecule has 176 valence electrons. The van der Waals surface area contributed by atoms with Crippen LogP contribution in [0, 0.1) is 5.82 Å². The molecular weight excluding hydrogens is 391 g/mol. The van der Waals surface area contributed by atoms with Crippen molar-refractivity contribution in [2.75, 3.05) is 33.8 Å². The molecule has 0 aromatic heterocycles. The van der Waals surface area contributed by atoms with Crippen molar-refractivity contribution in [1.29, 1.82) is 0 Å². The van der Waals surface area contributed by atoms with Gasteiger partial charge in [0.25, 0.3) is 5.91 Å². The van der Waals surface area contributed by atoms with E-state index >= 15 is 0 Å². The molecule has 1 amide bonds. The first kappa shape index (κ1) is 25.8. The van der Waals surface area contributed by atoms with E-state index in [-0.39, 0.29) is 17.8 Å². The number of nitrogens with zero attached hydrogens (tertiary/aromatic N) is 2. The summed E-state index contributed by atoms with van der Waals surface area (Å²) >= 11 is 0. The minimum absolute atomic E-state index is 0.0274. The minimum atomic E-state index is -0.313. The smallest absolute Gasteiger partial charge is 0.253 e. The van der Waals surface area contributed by atoms with Gasteiger partial charge < -0.3 is 14.5 Å². The highest BCUT2D eigenvalue weighted by molar-refractivity contribution is 5.94. The van der Waals surface area contributed by atoms with E-state index in [1.54, 1.807) is 12.1 Å². The molecule has 1 fully saturated rings.